The van der Waals surface area contributed by atoms with Crippen LogP contribution >= 0.6 is 0 Å². The molecule has 0 saturated heterocycles. The van der Waals surface area contributed by atoms with Gasteiger partial charge < -0.3 is 9.15 Å². The number of rotatable bonds is 4. The first-order valence-electron chi connectivity index (χ1n) is 7.21. The van der Waals surface area contributed by atoms with Crippen LogP contribution in [-0.4, -0.2) is 10.2 Å². The Kier molecular flexibility index (Phi) is 3.92. The summed E-state index contributed by atoms with van der Waals surface area (Å²) < 4.78 is 11.4. The molecule has 0 spiro atoms. The van der Waals surface area contributed by atoms with Gasteiger partial charge in [-0.1, -0.05) is 29.8 Å². The number of ether oxygens (including phenoxy) is 1. The summed E-state index contributed by atoms with van der Waals surface area (Å²) >= 11 is 0. The number of aryl methyl sites for hydroxylation is 3. The quantitative estimate of drug-likeness (QED) is 0.722. The third-order valence-electron chi connectivity index (χ3n) is 3.43. The first-order valence-corrected chi connectivity index (χ1v) is 7.21. The lowest BCUT2D eigenvalue weighted by Crippen LogP contribution is -1.97. The Morgan fingerprint density at radius 1 is 0.955 bits per heavy atom. The minimum absolute atomic E-state index is 0.267. The number of hydrogen-bond acceptors (Lipinski definition) is 4. The van der Waals surface area contributed by atoms with Crippen LogP contribution < -0.4 is 4.74 Å². The Balaban J connectivity index is 1.73. The molecule has 0 radical (unpaired) electrons. The lowest BCUT2D eigenvalue weighted by Gasteiger charge is -2.07. The molecule has 1 aromatic heterocycles. The molecular weight excluding hydrogens is 276 g/mol. The van der Waals surface area contributed by atoms with Crippen molar-refractivity contribution in [3.05, 3.63) is 65.0 Å². The summed E-state index contributed by atoms with van der Waals surface area (Å²) in [5, 5.41) is 8.13. The van der Waals surface area contributed by atoms with Gasteiger partial charge in [0, 0.05) is 5.56 Å². The monoisotopic (exact) mass is 294 g/mol. The van der Waals surface area contributed by atoms with Crippen LogP contribution in [0.2, 0.25) is 0 Å². The van der Waals surface area contributed by atoms with Crippen LogP contribution in [0.1, 0.15) is 22.6 Å². The van der Waals surface area contributed by atoms with Crippen molar-refractivity contribution in [3.8, 4) is 17.2 Å². The van der Waals surface area contributed by atoms with E-state index in [2.05, 4.69) is 16.3 Å². The SMILES string of the molecule is Cc1cccc(-c2nnc(COc3cc(C)ccc3C)o2)c1. The zero-order chi connectivity index (χ0) is 15.5. The maximum absolute atomic E-state index is 5.78. The van der Waals surface area contributed by atoms with Crippen molar-refractivity contribution in [3.63, 3.8) is 0 Å². The molecule has 0 bridgehead atoms. The molecule has 0 saturated carbocycles. The van der Waals surface area contributed by atoms with Crippen molar-refractivity contribution < 1.29 is 9.15 Å². The first-order chi connectivity index (χ1) is 10.6. The van der Waals surface area contributed by atoms with E-state index in [1.165, 1.54) is 0 Å². The van der Waals surface area contributed by atoms with Crippen LogP contribution in [0, 0.1) is 20.8 Å². The van der Waals surface area contributed by atoms with Gasteiger partial charge in [-0.15, -0.1) is 10.2 Å². The highest BCUT2D eigenvalue weighted by molar-refractivity contribution is 5.53. The lowest BCUT2D eigenvalue weighted by atomic mass is 10.1. The molecule has 112 valence electrons. The predicted molar refractivity (Wildman–Crippen MR) is 84.7 cm³/mol. The Morgan fingerprint density at radius 2 is 1.77 bits per heavy atom. The second-order valence-electron chi connectivity index (χ2n) is 5.43. The molecule has 0 N–H and O–H groups in total. The largest absolute Gasteiger partial charge is 0.484 e. The Morgan fingerprint density at radius 3 is 2.59 bits per heavy atom. The molecule has 0 aliphatic heterocycles. The fourth-order valence-corrected chi connectivity index (χ4v) is 2.21. The highest BCUT2D eigenvalue weighted by atomic mass is 16.5. The molecular formula is C18H18N2O2. The van der Waals surface area contributed by atoms with Gasteiger partial charge in [0.05, 0.1) is 0 Å². The van der Waals surface area contributed by atoms with E-state index in [0.717, 1.165) is 28.0 Å². The summed E-state index contributed by atoms with van der Waals surface area (Å²) in [5.41, 5.74) is 4.32. The van der Waals surface area contributed by atoms with E-state index in [-0.39, 0.29) is 6.61 Å². The van der Waals surface area contributed by atoms with Crippen LogP contribution in [0.5, 0.6) is 5.75 Å². The summed E-state index contributed by atoms with van der Waals surface area (Å²) in [6.45, 7) is 6.35. The second-order valence-corrected chi connectivity index (χ2v) is 5.43. The smallest absolute Gasteiger partial charge is 0.254 e. The van der Waals surface area contributed by atoms with Crippen LogP contribution in [0.15, 0.2) is 46.9 Å². The van der Waals surface area contributed by atoms with Gasteiger partial charge in [-0.3, -0.25) is 0 Å². The molecule has 0 unspecified atom stereocenters. The average molecular weight is 294 g/mol. The van der Waals surface area contributed by atoms with E-state index in [9.17, 15) is 0 Å². The Bertz CT molecular complexity index is 793. The van der Waals surface area contributed by atoms with Gasteiger partial charge in [-0.05, 0) is 50.1 Å². The fourth-order valence-electron chi connectivity index (χ4n) is 2.21. The number of nitrogens with zero attached hydrogens (tertiary/aromatic N) is 2. The van der Waals surface area contributed by atoms with E-state index < -0.39 is 0 Å². The Hall–Kier alpha value is -2.62. The summed E-state index contributed by atoms with van der Waals surface area (Å²) in [5.74, 6) is 1.83. The van der Waals surface area contributed by atoms with Gasteiger partial charge in [0.2, 0.25) is 5.89 Å². The normalized spacial score (nSPS) is 10.7. The van der Waals surface area contributed by atoms with Gasteiger partial charge in [0.25, 0.3) is 5.89 Å². The highest BCUT2D eigenvalue weighted by Crippen LogP contribution is 2.22. The maximum atomic E-state index is 5.78. The van der Waals surface area contributed by atoms with Crippen LogP contribution in [0.3, 0.4) is 0 Å². The fraction of sp³-hybridized carbons (Fsp3) is 0.222. The molecule has 2 aromatic carbocycles. The third kappa shape index (κ3) is 3.17. The molecule has 22 heavy (non-hydrogen) atoms. The van der Waals surface area contributed by atoms with E-state index in [1.807, 2.05) is 57.2 Å². The second kappa shape index (κ2) is 6.02. The van der Waals surface area contributed by atoms with Crippen molar-refractivity contribution in [1.29, 1.82) is 0 Å². The van der Waals surface area contributed by atoms with Gasteiger partial charge in [-0.25, -0.2) is 0 Å². The van der Waals surface area contributed by atoms with E-state index >= 15 is 0 Å². The van der Waals surface area contributed by atoms with Crippen molar-refractivity contribution in [2.24, 2.45) is 0 Å². The molecule has 0 fully saturated rings. The van der Waals surface area contributed by atoms with Crippen molar-refractivity contribution in [1.82, 2.24) is 10.2 Å². The van der Waals surface area contributed by atoms with Gasteiger partial charge in [0.15, 0.2) is 6.61 Å². The van der Waals surface area contributed by atoms with Crippen LogP contribution in [-0.2, 0) is 6.61 Å². The van der Waals surface area contributed by atoms with Crippen molar-refractivity contribution >= 4 is 0 Å². The van der Waals surface area contributed by atoms with Gasteiger partial charge in [0.1, 0.15) is 5.75 Å². The van der Waals surface area contributed by atoms with Gasteiger partial charge >= 0.3 is 0 Å². The number of benzene rings is 2. The molecule has 1 heterocycles. The summed E-state index contributed by atoms with van der Waals surface area (Å²) in [4.78, 5) is 0. The summed E-state index contributed by atoms with van der Waals surface area (Å²) in [6, 6.07) is 14.1. The Labute approximate surface area is 129 Å². The predicted octanol–water partition coefficient (Wildman–Crippen LogP) is 4.24. The van der Waals surface area contributed by atoms with Crippen LogP contribution in [0.4, 0.5) is 0 Å². The minimum Gasteiger partial charge on any atom is -0.484 e. The molecule has 0 amide bonds. The molecule has 0 atom stereocenters. The zero-order valence-corrected chi connectivity index (χ0v) is 13.0. The van der Waals surface area contributed by atoms with E-state index in [4.69, 9.17) is 9.15 Å². The zero-order valence-electron chi connectivity index (χ0n) is 13.0. The standard InChI is InChI=1S/C18H18N2O2/c1-12-5-4-6-15(9-12)18-20-19-17(22-18)11-21-16-10-13(2)7-8-14(16)3/h4-10H,11H2,1-3H3. The number of hydrogen-bond donors (Lipinski definition) is 0. The summed E-state index contributed by atoms with van der Waals surface area (Å²) in [6.07, 6.45) is 0. The maximum Gasteiger partial charge on any atom is 0.254 e. The molecule has 0 aliphatic carbocycles. The molecule has 0 aliphatic rings. The molecule has 4 nitrogen and oxygen atoms in total. The molecule has 3 aromatic rings. The average Bonchev–Trinajstić information content (AvgIpc) is 2.97. The summed E-state index contributed by atoms with van der Waals surface area (Å²) in [7, 11) is 0. The van der Waals surface area contributed by atoms with E-state index in [0.29, 0.717) is 11.8 Å². The molecule has 4 heteroatoms. The first kappa shape index (κ1) is 14.3. The minimum atomic E-state index is 0.267. The highest BCUT2D eigenvalue weighted by Gasteiger charge is 2.10. The topological polar surface area (TPSA) is 48.2 Å². The third-order valence-corrected chi connectivity index (χ3v) is 3.43. The number of aromatic nitrogens is 2. The lowest BCUT2D eigenvalue weighted by molar-refractivity contribution is 0.263. The molecule has 3 rings (SSSR count). The van der Waals surface area contributed by atoms with Gasteiger partial charge in [-0.2, -0.15) is 0 Å². The van der Waals surface area contributed by atoms with Crippen LogP contribution in [0.25, 0.3) is 11.5 Å². The van der Waals surface area contributed by atoms with E-state index in [1.54, 1.807) is 0 Å². The van der Waals surface area contributed by atoms with Crippen molar-refractivity contribution in [2.45, 2.75) is 27.4 Å². The van der Waals surface area contributed by atoms with Crippen molar-refractivity contribution in [2.75, 3.05) is 0 Å².